The van der Waals surface area contributed by atoms with Gasteiger partial charge in [-0.3, -0.25) is 9.59 Å². The van der Waals surface area contributed by atoms with Crippen LogP contribution in [0.5, 0.6) is 0 Å². The van der Waals surface area contributed by atoms with Gasteiger partial charge >= 0.3 is 11.9 Å². The quantitative estimate of drug-likeness (QED) is 0.518. The highest BCUT2D eigenvalue weighted by Crippen LogP contribution is 2.26. The normalized spacial score (nSPS) is 11.0. The van der Waals surface area contributed by atoms with Crippen molar-refractivity contribution in [1.82, 2.24) is 0 Å². The van der Waals surface area contributed by atoms with Crippen LogP contribution >= 0.6 is 0 Å². The lowest BCUT2D eigenvalue weighted by molar-refractivity contribution is -0.140. The summed E-state index contributed by atoms with van der Waals surface area (Å²) >= 11 is 0. The minimum Gasteiger partial charge on any atom is -0.469 e. The number of hydrogen-bond acceptors (Lipinski definition) is 4. The van der Waals surface area contributed by atoms with E-state index in [9.17, 15) is 9.59 Å². The van der Waals surface area contributed by atoms with Gasteiger partial charge in [0.25, 0.3) is 0 Å². The van der Waals surface area contributed by atoms with E-state index in [1.54, 1.807) is 0 Å². The lowest BCUT2D eigenvalue weighted by Gasteiger charge is -2.32. The minimum absolute atomic E-state index is 0.179. The first-order chi connectivity index (χ1) is 10.6. The molecule has 0 aliphatic carbocycles. The Labute approximate surface area is 133 Å². The SMILES string of the molecule is CCC[Si](CCC(=O)OC)(CCC(=O)OC)c1ccccc1. The summed E-state index contributed by atoms with van der Waals surface area (Å²) in [4.78, 5) is 23.2. The van der Waals surface area contributed by atoms with Crippen LogP contribution in [0.4, 0.5) is 0 Å². The van der Waals surface area contributed by atoms with Gasteiger partial charge in [-0.2, -0.15) is 0 Å². The van der Waals surface area contributed by atoms with E-state index in [1.165, 1.54) is 19.4 Å². The van der Waals surface area contributed by atoms with E-state index < -0.39 is 8.07 Å². The molecule has 0 saturated carbocycles. The van der Waals surface area contributed by atoms with Crippen molar-refractivity contribution in [2.45, 2.75) is 44.3 Å². The van der Waals surface area contributed by atoms with E-state index in [0.717, 1.165) is 24.6 Å². The van der Waals surface area contributed by atoms with Gasteiger partial charge in [0.1, 0.15) is 0 Å². The summed E-state index contributed by atoms with van der Waals surface area (Å²) in [6.07, 6.45) is 1.88. The summed E-state index contributed by atoms with van der Waals surface area (Å²) in [6, 6.07) is 13.0. The van der Waals surface area contributed by atoms with E-state index >= 15 is 0 Å². The van der Waals surface area contributed by atoms with Crippen LogP contribution in [-0.4, -0.2) is 34.2 Å². The molecule has 0 fully saturated rings. The molecule has 0 saturated heterocycles. The predicted octanol–water partition coefficient (Wildman–Crippen LogP) is 2.88. The maximum absolute atomic E-state index is 11.6. The van der Waals surface area contributed by atoms with Gasteiger partial charge in [0.15, 0.2) is 0 Å². The second-order valence-corrected chi connectivity index (χ2v) is 10.2. The highest BCUT2D eigenvalue weighted by Gasteiger charge is 2.35. The average Bonchev–Trinajstić information content (AvgIpc) is 2.57. The van der Waals surface area contributed by atoms with Gasteiger partial charge in [-0.1, -0.05) is 54.9 Å². The number of hydrogen-bond donors (Lipinski definition) is 0. The van der Waals surface area contributed by atoms with Crippen molar-refractivity contribution in [3.05, 3.63) is 30.3 Å². The highest BCUT2D eigenvalue weighted by molar-refractivity contribution is 6.92. The molecule has 0 amide bonds. The zero-order valence-electron chi connectivity index (χ0n) is 13.8. The lowest BCUT2D eigenvalue weighted by atomic mass is 10.4. The third-order valence-electron chi connectivity index (χ3n) is 4.19. The fourth-order valence-corrected chi connectivity index (χ4v) is 7.80. The van der Waals surface area contributed by atoms with Crippen LogP contribution in [-0.2, 0) is 19.1 Å². The fourth-order valence-electron chi connectivity index (χ4n) is 2.97. The molecule has 1 aromatic rings. The zero-order valence-corrected chi connectivity index (χ0v) is 14.8. The molecule has 0 N–H and O–H groups in total. The van der Waals surface area contributed by atoms with Crippen LogP contribution in [0.2, 0.25) is 18.1 Å². The fraction of sp³-hybridized carbons (Fsp3) is 0.529. The molecule has 4 nitrogen and oxygen atoms in total. The molecule has 0 unspecified atom stereocenters. The second kappa shape index (κ2) is 9.41. The Kier molecular flexibility index (Phi) is 7.88. The molecule has 1 aromatic carbocycles. The van der Waals surface area contributed by atoms with Gasteiger partial charge < -0.3 is 9.47 Å². The third-order valence-corrected chi connectivity index (χ3v) is 9.61. The molecular weight excluding hydrogens is 296 g/mol. The number of ether oxygens (including phenoxy) is 2. The smallest absolute Gasteiger partial charge is 0.305 e. The maximum Gasteiger partial charge on any atom is 0.305 e. The van der Waals surface area contributed by atoms with E-state index in [-0.39, 0.29) is 11.9 Å². The summed E-state index contributed by atoms with van der Waals surface area (Å²) in [6.45, 7) is 2.15. The minimum atomic E-state index is -1.93. The van der Waals surface area contributed by atoms with Crippen LogP contribution in [0.1, 0.15) is 26.2 Å². The number of carbonyl (C=O) groups is 2. The van der Waals surface area contributed by atoms with Gasteiger partial charge in [0.2, 0.25) is 0 Å². The first kappa shape index (κ1) is 18.4. The Morgan fingerprint density at radius 3 is 1.82 bits per heavy atom. The standard InChI is InChI=1S/C17H26O4Si/c1-4-12-22(13-10-16(18)20-2,14-11-17(19)21-3)15-8-6-5-7-9-15/h5-9H,4,10-14H2,1-3H3. The number of esters is 2. The monoisotopic (exact) mass is 322 g/mol. The summed E-state index contributed by atoms with van der Waals surface area (Å²) in [5.74, 6) is -0.357. The molecule has 0 bridgehead atoms. The first-order valence-corrected chi connectivity index (χ1v) is 10.4. The predicted molar refractivity (Wildman–Crippen MR) is 89.8 cm³/mol. The lowest BCUT2D eigenvalue weighted by Crippen LogP contribution is -2.48. The zero-order chi connectivity index (χ0) is 16.4. The van der Waals surface area contributed by atoms with Crippen LogP contribution in [0, 0.1) is 0 Å². The van der Waals surface area contributed by atoms with Crippen molar-refractivity contribution < 1.29 is 19.1 Å². The largest absolute Gasteiger partial charge is 0.469 e. The summed E-state index contributed by atoms with van der Waals surface area (Å²) in [7, 11) is 0.907. The van der Waals surface area contributed by atoms with E-state index in [1.807, 2.05) is 18.2 Å². The summed E-state index contributed by atoms with van der Waals surface area (Å²) in [5.41, 5.74) is 0. The molecule has 0 aliphatic rings. The first-order valence-electron chi connectivity index (χ1n) is 7.77. The molecule has 0 atom stereocenters. The average molecular weight is 322 g/mol. The Morgan fingerprint density at radius 1 is 0.909 bits per heavy atom. The van der Waals surface area contributed by atoms with Gasteiger partial charge in [0.05, 0.1) is 22.3 Å². The van der Waals surface area contributed by atoms with E-state index in [0.29, 0.717) is 12.8 Å². The Hall–Kier alpha value is -1.62. The van der Waals surface area contributed by atoms with Crippen LogP contribution in [0.3, 0.4) is 0 Å². The van der Waals surface area contributed by atoms with Crippen molar-refractivity contribution in [2.75, 3.05) is 14.2 Å². The van der Waals surface area contributed by atoms with Gasteiger partial charge in [-0.15, -0.1) is 0 Å². The summed E-state index contributed by atoms with van der Waals surface area (Å²) < 4.78 is 9.60. The molecular formula is C17H26O4Si. The van der Waals surface area contributed by atoms with Crippen LogP contribution in [0.15, 0.2) is 30.3 Å². The summed E-state index contributed by atoms with van der Waals surface area (Å²) in [5, 5.41) is 1.31. The Bertz CT molecular complexity index is 453. The molecule has 0 spiro atoms. The van der Waals surface area contributed by atoms with Gasteiger partial charge in [-0.25, -0.2) is 0 Å². The van der Waals surface area contributed by atoms with Crippen LogP contribution < -0.4 is 5.19 Å². The van der Waals surface area contributed by atoms with Gasteiger partial charge in [-0.05, 0) is 12.1 Å². The number of methoxy groups -OCH3 is 2. The van der Waals surface area contributed by atoms with E-state index in [2.05, 4.69) is 19.1 Å². The van der Waals surface area contributed by atoms with E-state index in [4.69, 9.17) is 9.47 Å². The van der Waals surface area contributed by atoms with Crippen molar-refractivity contribution in [3.63, 3.8) is 0 Å². The Morgan fingerprint density at radius 2 is 1.41 bits per heavy atom. The molecule has 0 aliphatic heterocycles. The molecule has 122 valence electrons. The molecule has 1 rings (SSSR count). The molecule has 0 aromatic heterocycles. The highest BCUT2D eigenvalue weighted by atomic mass is 28.3. The van der Waals surface area contributed by atoms with Crippen molar-refractivity contribution in [1.29, 1.82) is 0 Å². The van der Waals surface area contributed by atoms with Crippen LogP contribution in [0.25, 0.3) is 0 Å². The van der Waals surface area contributed by atoms with Crippen molar-refractivity contribution >= 4 is 25.2 Å². The van der Waals surface area contributed by atoms with Gasteiger partial charge in [0, 0.05) is 12.8 Å². The topological polar surface area (TPSA) is 52.6 Å². The van der Waals surface area contributed by atoms with Crippen molar-refractivity contribution in [3.8, 4) is 0 Å². The second-order valence-electron chi connectivity index (χ2n) is 5.55. The Balaban J connectivity index is 3.01. The molecule has 0 radical (unpaired) electrons. The number of benzene rings is 1. The molecule has 0 heterocycles. The maximum atomic E-state index is 11.6. The molecule has 5 heteroatoms. The number of rotatable bonds is 9. The molecule has 22 heavy (non-hydrogen) atoms. The van der Waals surface area contributed by atoms with Crippen molar-refractivity contribution in [2.24, 2.45) is 0 Å². The number of carbonyl (C=O) groups excluding carboxylic acids is 2. The third kappa shape index (κ3) is 5.29.